The topological polar surface area (TPSA) is 69.9 Å². The fourth-order valence-corrected chi connectivity index (χ4v) is 3.59. The normalized spacial score (nSPS) is 14.9. The molecule has 0 aliphatic carbocycles. The zero-order valence-electron chi connectivity index (χ0n) is 16.7. The summed E-state index contributed by atoms with van der Waals surface area (Å²) in [6.07, 6.45) is 3.18. The van der Waals surface area contributed by atoms with Crippen LogP contribution < -0.4 is 10.2 Å². The fraction of sp³-hybridized carbons (Fsp3) is 0.208. The van der Waals surface area contributed by atoms with Gasteiger partial charge in [-0.1, -0.05) is 60.7 Å². The van der Waals surface area contributed by atoms with Crippen LogP contribution in [0.4, 0.5) is 0 Å². The van der Waals surface area contributed by atoms with E-state index in [0.717, 1.165) is 11.1 Å². The first-order valence-corrected chi connectivity index (χ1v) is 9.66. The lowest BCUT2D eigenvalue weighted by molar-refractivity contribution is -0.0128. The summed E-state index contributed by atoms with van der Waals surface area (Å²) >= 11 is 0. The average Bonchev–Trinajstić information content (AvgIpc) is 3.31. The van der Waals surface area contributed by atoms with E-state index < -0.39 is 5.60 Å². The van der Waals surface area contributed by atoms with Crippen LogP contribution in [0.5, 0.6) is 5.75 Å². The number of nitrogens with zero attached hydrogens (tertiary/aromatic N) is 1. The van der Waals surface area contributed by atoms with Crippen LogP contribution >= 0.6 is 0 Å². The third-order valence-corrected chi connectivity index (χ3v) is 5.04. The van der Waals surface area contributed by atoms with Gasteiger partial charge in [-0.25, -0.2) is 0 Å². The van der Waals surface area contributed by atoms with Crippen molar-refractivity contribution in [2.75, 3.05) is 6.79 Å². The molecule has 0 spiro atoms. The average molecular weight is 405 g/mol. The predicted molar refractivity (Wildman–Crippen MR) is 112 cm³/mol. The third kappa shape index (κ3) is 3.95. The molecule has 6 nitrogen and oxygen atoms in total. The summed E-state index contributed by atoms with van der Waals surface area (Å²) in [7, 11) is 1.76. The summed E-state index contributed by atoms with van der Waals surface area (Å²) in [5.41, 5.74) is 0.137. The maximum Gasteiger partial charge on any atom is 0.230 e. The molecule has 154 valence electrons. The van der Waals surface area contributed by atoms with E-state index in [1.165, 1.54) is 12.3 Å². The Bertz CT molecular complexity index is 1090. The maximum absolute atomic E-state index is 12.8. The summed E-state index contributed by atoms with van der Waals surface area (Å²) in [6, 6.07) is 20.5. The highest BCUT2D eigenvalue weighted by molar-refractivity contribution is 5.40. The first kappa shape index (κ1) is 19.8. The number of aryl methyl sites for hydroxylation is 1. The molecule has 0 amide bonds. The summed E-state index contributed by atoms with van der Waals surface area (Å²) < 4.78 is 18.5. The number of benzene rings is 2. The first-order valence-electron chi connectivity index (χ1n) is 9.66. The number of aliphatic hydroxyl groups is 1. The lowest BCUT2D eigenvalue weighted by Gasteiger charge is -2.31. The molecule has 0 fully saturated rings. The van der Waals surface area contributed by atoms with Gasteiger partial charge in [-0.05, 0) is 11.1 Å². The van der Waals surface area contributed by atoms with Crippen LogP contribution in [-0.4, -0.2) is 16.5 Å². The molecule has 1 N–H and O–H groups in total. The number of aromatic nitrogens is 1. The fourth-order valence-electron chi connectivity index (χ4n) is 3.59. The summed E-state index contributed by atoms with van der Waals surface area (Å²) in [5.74, 6) is 0.316. The number of hydrogen-bond donors (Lipinski definition) is 1. The molecule has 1 unspecified atom stereocenters. The molecule has 30 heavy (non-hydrogen) atoms. The molecule has 6 heteroatoms. The summed E-state index contributed by atoms with van der Waals surface area (Å²) in [5, 5.41) is 11.9. The van der Waals surface area contributed by atoms with Crippen molar-refractivity contribution in [3.8, 4) is 5.75 Å². The van der Waals surface area contributed by atoms with Gasteiger partial charge in [0.1, 0.15) is 18.6 Å². The Balaban J connectivity index is 1.80. The van der Waals surface area contributed by atoms with Gasteiger partial charge in [0.25, 0.3) is 0 Å². The zero-order valence-corrected chi connectivity index (χ0v) is 16.7. The van der Waals surface area contributed by atoms with Crippen molar-refractivity contribution in [2.24, 2.45) is 7.05 Å². The van der Waals surface area contributed by atoms with Crippen LogP contribution in [0, 0.1) is 0 Å². The van der Waals surface area contributed by atoms with Gasteiger partial charge >= 0.3 is 0 Å². The van der Waals surface area contributed by atoms with E-state index in [4.69, 9.17) is 14.2 Å². The van der Waals surface area contributed by atoms with Crippen molar-refractivity contribution in [1.82, 2.24) is 4.57 Å². The van der Waals surface area contributed by atoms with Crippen LogP contribution in [-0.2, 0) is 35.2 Å². The third-order valence-electron chi connectivity index (χ3n) is 5.04. The Morgan fingerprint density at radius 1 is 1.03 bits per heavy atom. The minimum atomic E-state index is -1.65. The van der Waals surface area contributed by atoms with Gasteiger partial charge in [0.15, 0.2) is 17.1 Å². The highest BCUT2D eigenvalue weighted by Crippen LogP contribution is 2.39. The van der Waals surface area contributed by atoms with E-state index in [0.29, 0.717) is 5.69 Å². The Labute approximate surface area is 174 Å². The second-order valence-corrected chi connectivity index (χ2v) is 7.18. The number of rotatable bonds is 7. The van der Waals surface area contributed by atoms with Gasteiger partial charge in [-0.15, -0.1) is 0 Å². The molecule has 1 aliphatic heterocycles. The number of ether oxygens (including phenoxy) is 3. The van der Waals surface area contributed by atoms with Gasteiger partial charge in [0.2, 0.25) is 12.2 Å². The van der Waals surface area contributed by atoms with E-state index in [2.05, 4.69) is 0 Å². The largest absolute Gasteiger partial charge is 0.483 e. The molecule has 0 bridgehead atoms. The molecule has 0 radical (unpaired) electrons. The summed E-state index contributed by atoms with van der Waals surface area (Å²) in [4.78, 5) is 12.8. The predicted octanol–water partition coefficient (Wildman–Crippen LogP) is 3.24. The molecule has 0 saturated carbocycles. The second-order valence-electron chi connectivity index (χ2n) is 7.18. The first-order chi connectivity index (χ1) is 14.6. The van der Waals surface area contributed by atoms with Crippen molar-refractivity contribution in [2.45, 2.75) is 18.6 Å². The Kier molecular flexibility index (Phi) is 5.59. The molecule has 1 aliphatic rings. The van der Waals surface area contributed by atoms with E-state index >= 15 is 0 Å². The molecule has 2 aromatic carbocycles. The maximum atomic E-state index is 12.8. The lowest BCUT2D eigenvalue weighted by atomic mass is 9.88. The standard InChI is InChI=1S/C24H23NO5/c1-25-13-12-20(26)22(29-15-19-10-6-3-7-11-19)23(25)24(27,21-16-28-17-30-21)14-18-8-4-2-5-9-18/h2-13,16,27H,14-15,17H2,1H3. The minimum absolute atomic E-state index is 0.00736. The van der Waals surface area contributed by atoms with Crippen molar-refractivity contribution >= 4 is 0 Å². The number of pyridine rings is 1. The molecule has 1 aromatic heterocycles. The lowest BCUT2D eigenvalue weighted by Crippen LogP contribution is -2.36. The molecule has 0 saturated heterocycles. The smallest absolute Gasteiger partial charge is 0.230 e. The quantitative estimate of drug-likeness (QED) is 0.654. The monoisotopic (exact) mass is 405 g/mol. The highest BCUT2D eigenvalue weighted by Gasteiger charge is 2.43. The van der Waals surface area contributed by atoms with E-state index in [1.54, 1.807) is 17.8 Å². The van der Waals surface area contributed by atoms with Crippen LogP contribution in [0.25, 0.3) is 0 Å². The van der Waals surface area contributed by atoms with Crippen LogP contribution in [0.15, 0.2) is 89.7 Å². The van der Waals surface area contributed by atoms with Crippen LogP contribution in [0.2, 0.25) is 0 Å². The SMILES string of the molecule is Cn1ccc(=O)c(OCc2ccccc2)c1C(O)(Cc1ccccc1)C1=COCO1. The Hall–Kier alpha value is -3.51. The van der Waals surface area contributed by atoms with Crippen LogP contribution in [0.3, 0.4) is 0 Å². The minimum Gasteiger partial charge on any atom is -0.483 e. The van der Waals surface area contributed by atoms with E-state index in [1.807, 2.05) is 60.7 Å². The Morgan fingerprint density at radius 3 is 2.33 bits per heavy atom. The van der Waals surface area contributed by atoms with E-state index in [-0.39, 0.29) is 36.8 Å². The van der Waals surface area contributed by atoms with Gasteiger partial charge in [0.05, 0.1) is 0 Å². The van der Waals surface area contributed by atoms with Gasteiger partial charge < -0.3 is 23.9 Å². The van der Waals surface area contributed by atoms with Gasteiger partial charge in [-0.2, -0.15) is 0 Å². The highest BCUT2D eigenvalue weighted by atomic mass is 16.7. The summed E-state index contributed by atoms with van der Waals surface area (Å²) in [6.45, 7) is 0.207. The second kappa shape index (κ2) is 8.47. The van der Waals surface area contributed by atoms with Gasteiger partial charge in [-0.3, -0.25) is 4.79 Å². The van der Waals surface area contributed by atoms with E-state index in [9.17, 15) is 9.90 Å². The molecule has 1 atom stereocenters. The molecular formula is C24H23NO5. The van der Waals surface area contributed by atoms with Crippen molar-refractivity contribution in [1.29, 1.82) is 0 Å². The Morgan fingerprint density at radius 2 is 1.70 bits per heavy atom. The molecule has 3 aromatic rings. The molecule has 2 heterocycles. The number of hydrogen-bond acceptors (Lipinski definition) is 5. The molecule has 4 rings (SSSR count). The van der Waals surface area contributed by atoms with Crippen molar-refractivity contribution in [3.63, 3.8) is 0 Å². The van der Waals surface area contributed by atoms with Gasteiger partial charge in [0, 0.05) is 25.7 Å². The zero-order chi connectivity index (χ0) is 21.0. The van der Waals surface area contributed by atoms with Crippen molar-refractivity contribution < 1.29 is 19.3 Å². The van der Waals surface area contributed by atoms with Crippen molar-refractivity contribution in [3.05, 3.63) is 112 Å². The molecular weight excluding hydrogens is 382 g/mol. The van der Waals surface area contributed by atoms with Crippen LogP contribution in [0.1, 0.15) is 16.8 Å².